The summed E-state index contributed by atoms with van der Waals surface area (Å²) < 4.78 is 29.5. The van der Waals surface area contributed by atoms with E-state index in [2.05, 4.69) is 4.98 Å². The van der Waals surface area contributed by atoms with Gasteiger partial charge < -0.3 is 9.64 Å². The standard InChI is InChI=1S/C21H26N2O4S/c1-16(2)13-23(18-9-11-28(25,26)15-18)21(24)14-27-20-12-22-10-8-19(20)17-6-4-3-5-7-17/h3-8,10,12,16,18H,9,11,13-15H2,1-2H3. The quantitative estimate of drug-likeness (QED) is 0.712. The van der Waals surface area contributed by atoms with Gasteiger partial charge in [-0.25, -0.2) is 8.42 Å². The van der Waals surface area contributed by atoms with E-state index in [1.807, 2.05) is 50.2 Å². The summed E-state index contributed by atoms with van der Waals surface area (Å²) in [5.74, 6) is 0.754. The van der Waals surface area contributed by atoms with Crippen LogP contribution in [0.4, 0.5) is 0 Å². The number of rotatable bonds is 7. The lowest BCUT2D eigenvalue weighted by molar-refractivity contribution is -0.135. The summed E-state index contributed by atoms with van der Waals surface area (Å²) in [6.07, 6.45) is 3.77. The fourth-order valence-corrected chi connectivity index (χ4v) is 5.17. The summed E-state index contributed by atoms with van der Waals surface area (Å²) in [4.78, 5) is 18.7. The van der Waals surface area contributed by atoms with Gasteiger partial charge in [-0.1, -0.05) is 44.2 Å². The first kappa shape index (κ1) is 20.3. The molecule has 0 saturated carbocycles. The van der Waals surface area contributed by atoms with Crippen molar-refractivity contribution in [2.24, 2.45) is 5.92 Å². The molecule has 1 saturated heterocycles. The fraction of sp³-hybridized carbons (Fsp3) is 0.429. The minimum Gasteiger partial charge on any atom is -0.482 e. The SMILES string of the molecule is CC(C)CN(C(=O)COc1cnccc1-c1ccccc1)C1CCS(=O)(=O)C1. The van der Waals surface area contributed by atoms with Crippen LogP contribution in [0, 0.1) is 5.92 Å². The number of benzene rings is 1. The largest absolute Gasteiger partial charge is 0.482 e. The molecule has 0 bridgehead atoms. The van der Waals surface area contributed by atoms with Crippen LogP contribution in [0.15, 0.2) is 48.8 Å². The highest BCUT2D eigenvalue weighted by molar-refractivity contribution is 7.91. The predicted molar refractivity (Wildman–Crippen MR) is 109 cm³/mol. The van der Waals surface area contributed by atoms with Gasteiger partial charge in [0.25, 0.3) is 5.91 Å². The molecule has 1 unspecified atom stereocenters. The topological polar surface area (TPSA) is 76.6 Å². The molecule has 1 aliphatic heterocycles. The van der Waals surface area contributed by atoms with Crippen LogP contribution >= 0.6 is 0 Å². The zero-order valence-corrected chi connectivity index (χ0v) is 17.1. The van der Waals surface area contributed by atoms with Gasteiger partial charge in [-0.2, -0.15) is 0 Å². The molecule has 6 nitrogen and oxygen atoms in total. The Labute approximate surface area is 166 Å². The molecule has 1 aliphatic rings. The lowest BCUT2D eigenvalue weighted by Gasteiger charge is -2.30. The van der Waals surface area contributed by atoms with Crippen molar-refractivity contribution in [2.45, 2.75) is 26.3 Å². The van der Waals surface area contributed by atoms with Crippen molar-refractivity contribution in [1.82, 2.24) is 9.88 Å². The molecule has 2 heterocycles. The number of ether oxygens (including phenoxy) is 1. The van der Waals surface area contributed by atoms with Gasteiger partial charge in [0.1, 0.15) is 5.75 Å². The van der Waals surface area contributed by atoms with Crippen LogP contribution in [0.1, 0.15) is 20.3 Å². The average Bonchev–Trinajstić information content (AvgIpc) is 3.04. The summed E-state index contributed by atoms with van der Waals surface area (Å²) in [6.45, 7) is 4.40. The third kappa shape index (κ3) is 5.10. The second kappa shape index (κ2) is 8.73. The van der Waals surface area contributed by atoms with Crippen molar-refractivity contribution in [1.29, 1.82) is 0 Å². The number of aromatic nitrogens is 1. The van der Waals surface area contributed by atoms with Crippen LogP contribution in [0.2, 0.25) is 0 Å². The molecule has 1 aromatic heterocycles. The number of amides is 1. The Kier molecular flexibility index (Phi) is 6.34. The van der Waals surface area contributed by atoms with Crippen LogP contribution in [0.3, 0.4) is 0 Å². The maximum Gasteiger partial charge on any atom is 0.260 e. The number of carbonyl (C=O) groups is 1. The van der Waals surface area contributed by atoms with E-state index in [9.17, 15) is 13.2 Å². The number of hydrogen-bond acceptors (Lipinski definition) is 5. The Balaban J connectivity index is 1.73. The van der Waals surface area contributed by atoms with E-state index in [1.54, 1.807) is 17.3 Å². The summed E-state index contributed by atoms with van der Waals surface area (Å²) in [5.41, 5.74) is 1.84. The molecule has 150 valence electrons. The second-order valence-corrected chi connectivity index (χ2v) is 9.75. The van der Waals surface area contributed by atoms with Crippen LogP contribution in [0.25, 0.3) is 11.1 Å². The van der Waals surface area contributed by atoms with E-state index >= 15 is 0 Å². The molecule has 2 aromatic rings. The number of carbonyl (C=O) groups excluding carboxylic acids is 1. The zero-order chi connectivity index (χ0) is 20.1. The molecule has 0 N–H and O–H groups in total. The summed E-state index contributed by atoms with van der Waals surface area (Å²) in [7, 11) is -3.06. The normalized spacial score (nSPS) is 18.2. The predicted octanol–water partition coefficient (Wildman–Crippen LogP) is 2.80. The number of sulfone groups is 1. The highest BCUT2D eigenvalue weighted by Crippen LogP contribution is 2.29. The van der Waals surface area contributed by atoms with Gasteiger partial charge >= 0.3 is 0 Å². The number of pyridine rings is 1. The highest BCUT2D eigenvalue weighted by atomic mass is 32.2. The van der Waals surface area contributed by atoms with E-state index < -0.39 is 9.84 Å². The maximum atomic E-state index is 12.9. The number of nitrogens with zero attached hydrogens (tertiary/aromatic N) is 2. The molecule has 28 heavy (non-hydrogen) atoms. The summed E-state index contributed by atoms with van der Waals surface area (Å²) in [5, 5.41) is 0. The van der Waals surface area contributed by atoms with Crippen LogP contribution in [0.5, 0.6) is 5.75 Å². The third-order valence-corrected chi connectivity index (χ3v) is 6.50. The molecule has 0 aliphatic carbocycles. The van der Waals surface area contributed by atoms with E-state index in [0.29, 0.717) is 18.7 Å². The van der Waals surface area contributed by atoms with E-state index in [-0.39, 0.29) is 36.0 Å². The smallest absolute Gasteiger partial charge is 0.260 e. The van der Waals surface area contributed by atoms with Crippen molar-refractivity contribution in [2.75, 3.05) is 24.7 Å². The van der Waals surface area contributed by atoms with Gasteiger partial charge in [-0.3, -0.25) is 9.78 Å². The Morgan fingerprint density at radius 3 is 2.64 bits per heavy atom. The Morgan fingerprint density at radius 2 is 2.00 bits per heavy atom. The summed E-state index contributed by atoms with van der Waals surface area (Å²) >= 11 is 0. The molecule has 1 fully saturated rings. The monoisotopic (exact) mass is 402 g/mol. The van der Waals surface area contributed by atoms with Crippen LogP contribution < -0.4 is 4.74 Å². The summed E-state index contributed by atoms with van der Waals surface area (Å²) in [6, 6.07) is 11.3. The molecule has 3 rings (SSSR count). The molecule has 1 aromatic carbocycles. The fourth-order valence-electron chi connectivity index (χ4n) is 3.44. The van der Waals surface area contributed by atoms with Gasteiger partial charge in [-0.15, -0.1) is 0 Å². The molecular formula is C21H26N2O4S. The van der Waals surface area contributed by atoms with Gasteiger partial charge in [0, 0.05) is 24.3 Å². The number of hydrogen-bond donors (Lipinski definition) is 0. The van der Waals surface area contributed by atoms with Gasteiger partial charge in [0.05, 0.1) is 17.7 Å². The lowest BCUT2D eigenvalue weighted by atomic mass is 10.1. The first-order valence-corrected chi connectivity index (χ1v) is 11.3. The minimum absolute atomic E-state index is 0.0353. The third-order valence-electron chi connectivity index (χ3n) is 4.75. The van der Waals surface area contributed by atoms with Crippen molar-refractivity contribution >= 4 is 15.7 Å². The Hall–Kier alpha value is -2.41. The molecular weight excluding hydrogens is 376 g/mol. The van der Waals surface area contributed by atoms with Crippen molar-refractivity contribution in [3.63, 3.8) is 0 Å². The molecule has 1 atom stereocenters. The molecule has 0 radical (unpaired) electrons. The molecule has 7 heteroatoms. The second-order valence-electron chi connectivity index (χ2n) is 7.52. The van der Waals surface area contributed by atoms with Gasteiger partial charge in [0.15, 0.2) is 16.4 Å². The van der Waals surface area contributed by atoms with Crippen molar-refractivity contribution in [3.05, 3.63) is 48.8 Å². The van der Waals surface area contributed by atoms with Gasteiger partial charge in [0.2, 0.25) is 0 Å². The zero-order valence-electron chi connectivity index (χ0n) is 16.2. The lowest BCUT2D eigenvalue weighted by Crippen LogP contribution is -2.45. The van der Waals surface area contributed by atoms with Crippen molar-refractivity contribution in [3.8, 4) is 16.9 Å². The Morgan fingerprint density at radius 1 is 1.25 bits per heavy atom. The first-order valence-electron chi connectivity index (χ1n) is 9.48. The van der Waals surface area contributed by atoms with Crippen LogP contribution in [-0.2, 0) is 14.6 Å². The van der Waals surface area contributed by atoms with Crippen molar-refractivity contribution < 1.29 is 17.9 Å². The van der Waals surface area contributed by atoms with Crippen LogP contribution in [-0.4, -0.2) is 54.9 Å². The molecule has 0 spiro atoms. The van der Waals surface area contributed by atoms with E-state index in [0.717, 1.165) is 11.1 Å². The highest BCUT2D eigenvalue weighted by Gasteiger charge is 2.35. The van der Waals surface area contributed by atoms with E-state index in [4.69, 9.17) is 4.74 Å². The van der Waals surface area contributed by atoms with Gasteiger partial charge in [-0.05, 0) is 24.0 Å². The van der Waals surface area contributed by atoms with E-state index in [1.165, 1.54) is 0 Å². The first-order chi connectivity index (χ1) is 13.4. The minimum atomic E-state index is -3.06. The average molecular weight is 403 g/mol. The molecule has 1 amide bonds. The maximum absolute atomic E-state index is 12.9. The Bertz CT molecular complexity index is 913.